The van der Waals surface area contributed by atoms with E-state index in [1.807, 2.05) is 0 Å². The van der Waals surface area contributed by atoms with Gasteiger partial charge in [0.15, 0.2) is 0 Å². The van der Waals surface area contributed by atoms with Gasteiger partial charge in [-0.3, -0.25) is 0 Å². The van der Waals surface area contributed by atoms with E-state index >= 15 is 0 Å². The van der Waals surface area contributed by atoms with Crippen LogP contribution in [0, 0.1) is 0 Å². The highest BCUT2D eigenvalue weighted by Gasteiger charge is 2.02. The Kier molecular flexibility index (Phi) is 27.6. The van der Waals surface area contributed by atoms with Crippen molar-refractivity contribution in [2.75, 3.05) is 0 Å². The van der Waals surface area contributed by atoms with Crippen molar-refractivity contribution in [3.8, 4) is 0 Å². The fourth-order valence-electron chi connectivity index (χ4n) is 3.76. The number of nitrogens with two attached hydrogens (primary N) is 1. The van der Waals surface area contributed by atoms with Crippen molar-refractivity contribution in [3.63, 3.8) is 0 Å². The molecule has 0 bridgehead atoms. The maximum atomic E-state index is 6.28. The van der Waals surface area contributed by atoms with Crippen LogP contribution in [-0.4, -0.2) is 6.04 Å². The first-order valence-electron chi connectivity index (χ1n) is 12.1. The molecule has 0 saturated heterocycles. The van der Waals surface area contributed by atoms with Crippen molar-refractivity contribution < 1.29 is 0 Å². The Morgan fingerprint density at radius 3 is 0.923 bits per heavy atom. The summed E-state index contributed by atoms with van der Waals surface area (Å²) in [6.07, 6.45) is 29.5. The summed E-state index contributed by atoms with van der Waals surface area (Å²) < 4.78 is 0. The molecule has 0 fully saturated rings. The zero-order valence-corrected chi connectivity index (χ0v) is 19.2. The van der Waals surface area contributed by atoms with Gasteiger partial charge >= 0.3 is 0 Å². The summed E-state index contributed by atoms with van der Waals surface area (Å²) in [6.45, 7) is 4.58. The average molecular weight is 390 g/mol. The lowest BCUT2D eigenvalue weighted by atomic mass is 10.0. The molecule has 0 aliphatic heterocycles. The number of halogens is 1. The minimum Gasteiger partial charge on any atom is -0.328 e. The normalized spacial score (nSPS) is 12.1. The second kappa shape index (κ2) is 25.2. The summed E-state index contributed by atoms with van der Waals surface area (Å²) in [4.78, 5) is 0. The Bertz CT molecular complexity index is 232. The topological polar surface area (TPSA) is 26.0 Å². The zero-order chi connectivity index (χ0) is 18.4. The molecule has 2 heteroatoms. The predicted molar refractivity (Wildman–Crippen MR) is 124 cm³/mol. The number of hydrogen-bond acceptors (Lipinski definition) is 1. The molecule has 0 aliphatic rings. The van der Waals surface area contributed by atoms with Crippen molar-refractivity contribution >= 4 is 12.4 Å². The van der Waals surface area contributed by atoms with E-state index in [9.17, 15) is 0 Å². The van der Waals surface area contributed by atoms with Crippen LogP contribution in [0.5, 0.6) is 0 Å². The van der Waals surface area contributed by atoms with Crippen molar-refractivity contribution in [1.82, 2.24) is 0 Å². The molecule has 0 amide bonds. The van der Waals surface area contributed by atoms with Crippen LogP contribution in [0.3, 0.4) is 0 Å². The second-order valence-corrected chi connectivity index (χ2v) is 8.35. The van der Waals surface area contributed by atoms with Crippen molar-refractivity contribution in [2.45, 2.75) is 155 Å². The molecule has 26 heavy (non-hydrogen) atoms. The third kappa shape index (κ3) is 24.2. The number of rotatable bonds is 21. The molecule has 0 aromatic carbocycles. The van der Waals surface area contributed by atoms with E-state index in [1.54, 1.807) is 0 Å². The fraction of sp³-hybridized carbons (Fsp3) is 1.00. The first kappa shape index (κ1) is 28.5. The van der Waals surface area contributed by atoms with Crippen molar-refractivity contribution in [2.24, 2.45) is 5.73 Å². The molecule has 0 radical (unpaired) electrons. The van der Waals surface area contributed by atoms with Gasteiger partial charge in [0.2, 0.25) is 0 Å². The molecule has 1 unspecified atom stereocenters. The molecule has 0 aliphatic carbocycles. The highest BCUT2D eigenvalue weighted by Crippen LogP contribution is 2.14. The third-order valence-corrected chi connectivity index (χ3v) is 5.61. The summed E-state index contributed by atoms with van der Waals surface area (Å²) in [6, 6.07) is 0.471. The Labute approximate surface area is 173 Å². The Morgan fingerprint density at radius 2 is 0.654 bits per heavy atom. The van der Waals surface area contributed by atoms with Crippen LogP contribution in [0.4, 0.5) is 0 Å². The summed E-state index contributed by atoms with van der Waals surface area (Å²) in [7, 11) is 0. The second-order valence-electron chi connectivity index (χ2n) is 8.35. The molecule has 0 saturated carbocycles. The Balaban J connectivity index is 0. The summed E-state index contributed by atoms with van der Waals surface area (Å²) in [5, 5.41) is 0. The molecule has 1 atom stereocenters. The van der Waals surface area contributed by atoms with Gasteiger partial charge in [0.05, 0.1) is 0 Å². The monoisotopic (exact) mass is 389 g/mol. The van der Waals surface area contributed by atoms with Gasteiger partial charge in [-0.2, -0.15) is 0 Å². The molecular weight excluding hydrogens is 338 g/mol. The van der Waals surface area contributed by atoms with Crippen LogP contribution >= 0.6 is 12.4 Å². The van der Waals surface area contributed by atoms with Crippen LogP contribution in [0.1, 0.15) is 149 Å². The van der Waals surface area contributed by atoms with E-state index in [0.29, 0.717) is 6.04 Å². The van der Waals surface area contributed by atoms with E-state index in [4.69, 9.17) is 5.73 Å². The predicted octanol–water partition coefficient (Wildman–Crippen LogP) is 8.97. The lowest BCUT2D eigenvalue weighted by Gasteiger charge is -2.11. The van der Waals surface area contributed by atoms with Gasteiger partial charge in [0.25, 0.3) is 0 Å². The molecule has 0 heterocycles. The first-order chi connectivity index (χ1) is 12.3. The van der Waals surface area contributed by atoms with Gasteiger partial charge in [0, 0.05) is 6.04 Å². The highest BCUT2D eigenvalue weighted by molar-refractivity contribution is 5.85. The van der Waals surface area contributed by atoms with E-state index in [0.717, 1.165) is 0 Å². The number of unbranched alkanes of at least 4 members (excludes halogenated alkanes) is 17. The molecule has 0 aromatic rings. The summed E-state index contributed by atoms with van der Waals surface area (Å²) in [5.74, 6) is 0. The van der Waals surface area contributed by atoms with Crippen molar-refractivity contribution in [3.05, 3.63) is 0 Å². The van der Waals surface area contributed by atoms with Crippen LogP contribution < -0.4 is 5.73 Å². The molecular formula is C24H52ClN. The fourth-order valence-corrected chi connectivity index (χ4v) is 3.76. The van der Waals surface area contributed by atoms with Crippen LogP contribution in [0.15, 0.2) is 0 Å². The van der Waals surface area contributed by atoms with Gasteiger partial charge < -0.3 is 5.73 Å². The van der Waals surface area contributed by atoms with Gasteiger partial charge in [-0.15, -0.1) is 12.4 Å². The molecule has 0 aromatic heterocycles. The largest absolute Gasteiger partial charge is 0.328 e. The maximum Gasteiger partial charge on any atom is 0.00388 e. The van der Waals surface area contributed by atoms with E-state index in [1.165, 1.54) is 135 Å². The van der Waals surface area contributed by atoms with Gasteiger partial charge in [-0.25, -0.2) is 0 Å². The third-order valence-electron chi connectivity index (χ3n) is 5.61. The van der Waals surface area contributed by atoms with Crippen molar-refractivity contribution in [1.29, 1.82) is 0 Å². The van der Waals surface area contributed by atoms with Crippen LogP contribution in [0.2, 0.25) is 0 Å². The average Bonchev–Trinajstić information content (AvgIpc) is 2.62. The molecule has 0 spiro atoms. The van der Waals surface area contributed by atoms with E-state index in [-0.39, 0.29) is 12.4 Å². The summed E-state index contributed by atoms with van der Waals surface area (Å²) in [5.41, 5.74) is 6.28. The number of hydrogen-bond donors (Lipinski definition) is 1. The Morgan fingerprint density at radius 1 is 0.423 bits per heavy atom. The molecule has 160 valence electrons. The van der Waals surface area contributed by atoms with Gasteiger partial charge in [-0.05, 0) is 12.8 Å². The SMILES string of the molecule is CCCCCCCCCCCCC(N)CCCCCCCCCCC.Cl. The maximum absolute atomic E-state index is 6.28. The smallest absolute Gasteiger partial charge is 0.00388 e. The quantitative estimate of drug-likeness (QED) is 0.195. The zero-order valence-electron chi connectivity index (χ0n) is 18.4. The molecule has 2 N–H and O–H groups in total. The van der Waals surface area contributed by atoms with Crippen LogP contribution in [-0.2, 0) is 0 Å². The standard InChI is InChI=1S/C24H51N.ClH/c1-3-5-7-9-11-13-15-17-19-21-23-24(25)22-20-18-16-14-12-10-8-6-4-2;/h24H,3-23,25H2,1-2H3;1H. The first-order valence-corrected chi connectivity index (χ1v) is 12.1. The molecule has 0 rings (SSSR count). The molecule has 1 nitrogen and oxygen atoms in total. The van der Waals surface area contributed by atoms with Gasteiger partial charge in [0.1, 0.15) is 0 Å². The lowest BCUT2D eigenvalue weighted by Crippen LogP contribution is -2.19. The van der Waals surface area contributed by atoms with E-state index in [2.05, 4.69) is 13.8 Å². The van der Waals surface area contributed by atoms with Crippen LogP contribution in [0.25, 0.3) is 0 Å². The lowest BCUT2D eigenvalue weighted by molar-refractivity contribution is 0.479. The highest BCUT2D eigenvalue weighted by atomic mass is 35.5. The van der Waals surface area contributed by atoms with Gasteiger partial charge in [-0.1, -0.05) is 136 Å². The van der Waals surface area contributed by atoms with E-state index < -0.39 is 0 Å². The minimum absolute atomic E-state index is 0. The Hall–Kier alpha value is 0.250. The minimum atomic E-state index is 0. The summed E-state index contributed by atoms with van der Waals surface area (Å²) >= 11 is 0.